The molecule has 0 spiro atoms. The standard InChI is InChI=1S/C17H20N4O2/c1-4-21(5-2)17(23)15-10-19-16(11-18-15)20-14-8-6-13(7-9-14)12(3)22/h6-11H,4-5H2,1-3H3,(H,19,20). The van der Waals surface area contributed by atoms with Gasteiger partial charge in [-0.2, -0.15) is 0 Å². The van der Waals surface area contributed by atoms with Gasteiger partial charge in [0.1, 0.15) is 11.5 Å². The molecule has 0 radical (unpaired) electrons. The molecule has 2 aromatic rings. The number of hydrogen-bond donors (Lipinski definition) is 1. The maximum atomic E-state index is 12.1. The summed E-state index contributed by atoms with van der Waals surface area (Å²) in [6.07, 6.45) is 2.99. The van der Waals surface area contributed by atoms with E-state index in [0.29, 0.717) is 30.2 Å². The molecule has 0 aliphatic rings. The predicted molar refractivity (Wildman–Crippen MR) is 89.0 cm³/mol. The largest absolute Gasteiger partial charge is 0.339 e. The number of nitrogens with zero attached hydrogens (tertiary/aromatic N) is 3. The van der Waals surface area contributed by atoms with Gasteiger partial charge in [0.2, 0.25) is 0 Å². The van der Waals surface area contributed by atoms with Gasteiger partial charge >= 0.3 is 0 Å². The fourth-order valence-corrected chi connectivity index (χ4v) is 2.11. The van der Waals surface area contributed by atoms with E-state index in [4.69, 9.17) is 0 Å². The number of hydrogen-bond acceptors (Lipinski definition) is 5. The molecule has 1 N–H and O–H groups in total. The van der Waals surface area contributed by atoms with E-state index >= 15 is 0 Å². The molecule has 23 heavy (non-hydrogen) atoms. The number of ketones is 1. The molecule has 1 aromatic heterocycles. The highest BCUT2D eigenvalue weighted by molar-refractivity contribution is 5.94. The lowest BCUT2D eigenvalue weighted by molar-refractivity contribution is 0.0766. The number of Topliss-reactive ketones (excluding diaryl/α,β-unsaturated/α-hetero) is 1. The fourth-order valence-electron chi connectivity index (χ4n) is 2.11. The molecule has 0 unspecified atom stereocenters. The lowest BCUT2D eigenvalue weighted by Crippen LogP contribution is -2.31. The van der Waals surface area contributed by atoms with E-state index in [1.54, 1.807) is 29.2 Å². The topological polar surface area (TPSA) is 75.2 Å². The second kappa shape index (κ2) is 7.49. The fraction of sp³-hybridized carbons (Fsp3) is 0.294. The first-order valence-corrected chi connectivity index (χ1v) is 7.54. The molecule has 6 nitrogen and oxygen atoms in total. The second-order valence-electron chi connectivity index (χ2n) is 5.02. The Morgan fingerprint density at radius 2 is 1.70 bits per heavy atom. The lowest BCUT2D eigenvalue weighted by Gasteiger charge is -2.17. The molecule has 0 aliphatic heterocycles. The summed E-state index contributed by atoms with van der Waals surface area (Å²) in [6.45, 7) is 6.66. The summed E-state index contributed by atoms with van der Waals surface area (Å²) in [7, 11) is 0. The number of rotatable bonds is 6. The van der Waals surface area contributed by atoms with Crippen LogP contribution in [0.2, 0.25) is 0 Å². The van der Waals surface area contributed by atoms with Crippen molar-refractivity contribution in [1.82, 2.24) is 14.9 Å². The first-order valence-electron chi connectivity index (χ1n) is 7.54. The Labute approximate surface area is 135 Å². The Balaban J connectivity index is 2.07. The predicted octanol–water partition coefficient (Wildman–Crippen LogP) is 2.90. The van der Waals surface area contributed by atoms with Crippen LogP contribution in [0.5, 0.6) is 0 Å². The number of benzene rings is 1. The minimum atomic E-state index is -0.125. The minimum absolute atomic E-state index is 0.0237. The van der Waals surface area contributed by atoms with Gasteiger partial charge in [0.25, 0.3) is 5.91 Å². The molecule has 0 fully saturated rings. The smallest absolute Gasteiger partial charge is 0.274 e. The van der Waals surface area contributed by atoms with Crippen molar-refractivity contribution in [3.8, 4) is 0 Å². The maximum absolute atomic E-state index is 12.1. The molecule has 1 heterocycles. The van der Waals surface area contributed by atoms with Gasteiger partial charge in [-0.25, -0.2) is 9.97 Å². The first-order chi connectivity index (χ1) is 11.0. The highest BCUT2D eigenvalue weighted by Crippen LogP contribution is 2.15. The normalized spacial score (nSPS) is 10.2. The summed E-state index contributed by atoms with van der Waals surface area (Å²) in [5, 5.41) is 3.08. The van der Waals surface area contributed by atoms with Crippen molar-refractivity contribution < 1.29 is 9.59 Å². The molecule has 0 bridgehead atoms. The van der Waals surface area contributed by atoms with Crippen molar-refractivity contribution in [2.45, 2.75) is 20.8 Å². The number of carbonyl (C=O) groups is 2. The summed E-state index contributed by atoms with van der Waals surface area (Å²) in [5.41, 5.74) is 1.78. The molecular weight excluding hydrogens is 292 g/mol. The van der Waals surface area contributed by atoms with Crippen molar-refractivity contribution >= 4 is 23.2 Å². The third-order valence-corrected chi connectivity index (χ3v) is 3.49. The van der Waals surface area contributed by atoms with Crippen molar-refractivity contribution in [2.75, 3.05) is 18.4 Å². The van der Waals surface area contributed by atoms with Crippen molar-refractivity contribution in [3.05, 3.63) is 47.9 Å². The Kier molecular flexibility index (Phi) is 5.41. The summed E-state index contributed by atoms with van der Waals surface area (Å²) < 4.78 is 0. The average molecular weight is 312 g/mol. The molecule has 1 amide bonds. The van der Waals surface area contributed by atoms with E-state index in [-0.39, 0.29) is 11.7 Å². The number of carbonyl (C=O) groups excluding carboxylic acids is 2. The van der Waals surface area contributed by atoms with Crippen LogP contribution in [-0.2, 0) is 0 Å². The zero-order valence-corrected chi connectivity index (χ0v) is 13.5. The van der Waals surface area contributed by atoms with Crippen LogP contribution in [0.4, 0.5) is 11.5 Å². The first kappa shape index (κ1) is 16.6. The molecule has 120 valence electrons. The zero-order chi connectivity index (χ0) is 16.8. The Hall–Kier alpha value is -2.76. The molecule has 0 saturated heterocycles. The highest BCUT2D eigenvalue weighted by atomic mass is 16.2. The van der Waals surface area contributed by atoms with E-state index in [0.717, 1.165) is 5.69 Å². The Morgan fingerprint density at radius 1 is 1.04 bits per heavy atom. The van der Waals surface area contributed by atoms with Gasteiger partial charge in [-0.15, -0.1) is 0 Å². The van der Waals surface area contributed by atoms with Gasteiger partial charge in [-0.05, 0) is 45.0 Å². The van der Waals surface area contributed by atoms with Gasteiger partial charge in [-0.3, -0.25) is 9.59 Å². The van der Waals surface area contributed by atoms with E-state index < -0.39 is 0 Å². The quantitative estimate of drug-likeness (QED) is 0.830. The number of amides is 1. The number of anilines is 2. The second-order valence-corrected chi connectivity index (χ2v) is 5.02. The maximum Gasteiger partial charge on any atom is 0.274 e. The molecule has 2 rings (SSSR count). The van der Waals surface area contributed by atoms with Crippen LogP contribution in [0.25, 0.3) is 0 Å². The number of aromatic nitrogens is 2. The Bertz CT molecular complexity index is 677. The van der Waals surface area contributed by atoms with E-state index in [9.17, 15) is 9.59 Å². The monoisotopic (exact) mass is 312 g/mol. The van der Waals surface area contributed by atoms with Gasteiger partial charge in [-0.1, -0.05) is 0 Å². The third kappa shape index (κ3) is 4.12. The van der Waals surface area contributed by atoms with Gasteiger partial charge in [0.15, 0.2) is 5.78 Å². The van der Waals surface area contributed by atoms with Crippen LogP contribution >= 0.6 is 0 Å². The van der Waals surface area contributed by atoms with Crippen molar-refractivity contribution in [1.29, 1.82) is 0 Å². The SMILES string of the molecule is CCN(CC)C(=O)c1cnc(Nc2ccc(C(C)=O)cc2)cn1. The van der Waals surface area contributed by atoms with E-state index in [2.05, 4.69) is 15.3 Å². The molecule has 6 heteroatoms. The van der Waals surface area contributed by atoms with Crippen LogP contribution < -0.4 is 5.32 Å². The molecule has 0 aliphatic carbocycles. The van der Waals surface area contributed by atoms with Gasteiger partial charge in [0.05, 0.1) is 12.4 Å². The van der Waals surface area contributed by atoms with Crippen LogP contribution in [0.1, 0.15) is 41.6 Å². The van der Waals surface area contributed by atoms with E-state index in [1.165, 1.54) is 19.3 Å². The molecule has 0 saturated carbocycles. The van der Waals surface area contributed by atoms with Crippen molar-refractivity contribution in [2.24, 2.45) is 0 Å². The summed E-state index contributed by atoms with van der Waals surface area (Å²) >= 11 is 0. The Morgan fingerprint density at radius 3 is 2.17 bits per heavy atom. The third-order valence-electron chi connectivity index (χ3n) is 3.49. The summed E-state index contributed by atoms with van der Waals surface area (Å²) in [5.74, 6) is 0.437. The van der Waals surface area contributed by atoms with Crippen LogP contribution in [0.15, 0.2) is 36.7 Å². The van der Waals surface area contributed by atoms with E-state index in [1.807, 2.05) is 13.8 Å². The van der Waals surface area contributed by atoms with Gasteiger partial charge < -0.3 is 10.2 Å². The summed E-state index contributed by atoms with van der Waals surface area (Å²) in [4.78, 5) is 33.5. The van der Waals surface area contributed by atoms with Crippen LogP contribution in [0.3, 0.4) is 0 Å². The minimum Gasteiger partial charge on any atom is -0.339 e. The van der Waals surface area contributed by atoms with Crippen molar-refractivity contribution in [3.63, 3.8) is 0 Å². The summed E-state index contributed by atoms with van der Waals surface area (Å²) in [6, 6.07) is 7.09. The number of nitrogens with one attached hydrogen (secondary N) is 1. The van der Waals surface area contributed by atoms with Crippen LogP contribution in [-0.4, -0.2) is 39.6 Å². The average Bonchev–Trinajstić information content (AvgIpc) is 2.57. The zero-order valence-electron chi connectivity index (χ0n) is 13.5. The molecule has 1 aromatic carbocycles. The molecule has 0 atom stereocenters. The van der Waals surface area contributed by atoms with Crippen LogP contribution in [0, 0.1) is 0 Å². The lowest BCUT2D eigenvalue weighted by atomic mass is 10.1. The highest BCUT2D eigenvalue weighted by Gasteiger charge is 2.14. The van der Waals surface area contributed by atoms with Gasteiger partial charge in [0, 0.05) is 24.3 Å². The molecular formula is C17H20N4O2.